The van der Waals surface area contributed by atoms with Crippen molar-refractivity contribution in [1.29, 1.82) is 0 Å². The lowest BCUT2D eigenvalue weighted by atomic mass is 10.1. The van der Waals surface area contributed by atoms with E-state index in [1.54, 1.807) is 11.3 Å². The average Bonchev–Trinajstić information content (AvgIpc) is 3.13. The Hall–Kier alpha value is -1.26. The van der Waals surface area contributed by atoms with Crippen LogP contribution in [0.15, 0.2) is 24.5 Å². The van der Waals surface area contributed by atoms with Crippen LogP contribution in [-0.4, -0.2) is 16.0 Å². The SMILES string of the molecule is CCc1cccnc1-c1ncc(CNC2CC2)s1. The molecule has 2 aromatic heterocycles. The van der Waals surface area contributed by atoms with E-state index in [2.05, 4.69) is 28.3 Å². The van der Waals surface area contributed by atoms with E-state index in [9.17, 15) is 0 Å². The third kappa shape index (κ3) is 2.60. The minimum Gasteiger partial charge on any atom is -0.309 e. The van der Waals surface area contributed by atoms with Crippen molar-refractivity contribution >= 4 is 11.3 Å². The lowest BCUT2D eigenvalue weighted by molar-refractivity contribution is 0.694. The molecular formula is C14H17N3S. The molecule has 0 spiro atoms. The molecule has 0 aliphatic heterocycles. The van der Waals surface area contributed by atoms with Crippen LogP contribution in [0, 0.1) is 0 Å². The van der Waals surface area contributed by atoms with E-state index in [0.29, 0.717) is 0 Å². The molecule has 0 aromatic carbocycles. The third-order valence-electron chi connectivity index (χ3n) is 3.17. The van der Waals surface area contributed by atoms with Gasteiger partial charge in [-0.05, 0) is 30.9 Å². The van der Waals surface area contributed by atoms with E-state index in [1.807, 2.05) is 18.5 Å². The minimum absolute atomic E-state index is 0.747. The lowest BCUT2D eigenvalue weighted by Crippen LogP contribution is -2.14. The molecule has 18 heavy (non-hydrogen) atoms. The minimum atomic E-state index is 0.747. The van der Waals surface area contributed by atoms with Gasteiger partial charge in [0, 0.05) is 29.9 Å². The Kier molecular flexibility index (Phi) is 3.39. The number of nitrogens with one attached hydrogen (secondary N) is 1. The number of rotatable bonds is 5. The Labute approximate surface area is 111 Å². The molecule has 0 saturated heterocycles. The van der Waals surface area contributed by atoms with E-state index in [0.717, 1.165) is 29.7 Å². The molecule has 94 valence electrons. The molecule has 1 saturated carbocycles. The molecule has 2 aromatic rings. The Bertz CT molecular complexity index is 531. The van der Waals surface area contributed by atoms with Crippen molar-refractivity contribution in [3.05, 3.63) is 35.0 Å². The van der Waals surface area contributed by atoms with E-state index in [4.69, 9.17) is 0 Å². The fourth-order valence-electron chi connectivity index (χ4n) is 1.95. The van der Waals surface area contributed by atoms with Crippen LogP contribution < -0.4 is 5.32 Å². The summed E-state index contributed by atoms with van der Waals surface area (Å²) in [5.74, 6) is 0. The Morgan fingerprint density at radius 2 is 2.28 bits per heavy atom. The normalized spacial score (nSPS) is 14.9. The Morgan fingerprint density at radius 1 is 1.39 bits per heavy atom. The number of pyridine rings is 1. The molecule has 0 radical (unpaired) electrons. The van der Waals surface area contributed by atoms with Gasteiger partial charge in [0.05, 0.1) is 0 Å². The number of aryl methyl sites for hydroxylation is 1. The molecule has 3 nitrogen and oxygen atoms in total. The Morgan fingerprint density at radius 3 is 3.06 bits per heavy atom. The van der Waals surface area contributed by atoms with Crippen molar-refractivity contribution in [3.8, 4) is 10.7 Å². The zero-order valence-electron chi connectivity index (χ0n) is 10.5. The second-order valence-electron chi connectivity index (χ2n) is 4.65. The first-order chi connectivity index (χ1) is 8.86. The van der Waals surface area contributed by atoms with E-state index >= 15 is 0 Å². The van der Waals surface area contributed by atoms with Gasteiger partial charge in [-0.3, -0.25) is 4.98 Å². The van der Waals surface area contributed by atoms with Gasteiger partial charge in [-0.25, -0.2) is 4.98 Å². The number of nitrogens with zero attached hydrogens (tertiary/aromatic N) is 2. The number of thiazole rings is 1. The molecule has 1 aliphatic carbocycles. The molecule has 1 fully saturated rings. The highest BCUT2D eigenvalue weighted by molar-refractivity contribution is 7.15. The predicted molar refractivity (Wildman–Crippen MR) is 74.6 cm³/mol. The van der Waals surface area contributed by atoms with Gasteiger partial charge in [0.1, 0.15) is 10.7 Å². The molecule has 4 heteroatoms. The van der Waals surface area contributed by atoms with Crippen LogP contribution in [0.3, 0.4) is 0 Å². The number of hydrogen-bond acceptors (Lipinski definition) is 4. The summed E-state index contributed by atoms with van der Waals surface area (Å²) in [5.41, 5.74) is 2.32. The molecule has 0 unspecified atom stereocenters. The summed E-state index contributed by atoms with van der Waals surface area (Å²) >= 11 is 1.75. The van der Waals surface area contributed by atoms with Gasteiger partial charge in [-0.2, -0.15) is 0 Å². The average molecular weight is 259 g/mol. The largest absolute Gasteiger partial charge is 0.309 e. The van der Waals surface area contributed by atoms with Crippen LogP contribution in [0.5, 0.6) is 0 Å². The maximum Gasteiger partial charge on any atom is 0.142 e. The summed E-state index contributed by atoms with van der Waals surface area (Å²) in [5, 5.41) is 4.56. The topological polar surface area (TPSA) is 37.8 Å². The summed E-state index contributed by atoms with van der Waals surface area (Å²) in [6, 6.07) is 4.87. The van der Waals surface area contributed by atoms with Gasteiger partial charge < -0.3 is 5.32 Å². The molecular weight excluding hydrogens is 242 g/mol. The van der Waals surface area contributed by atoms with Gasteiger partial charge >= 0.3 is 0 Å². The van der Waals surface area contributed by atoms with Crippen molar-refractivity contribution < 1.29 is 0 Å². The molecule has 3 rings (SSSR count). The summed E-state index contributed by atoms with van der Waals surface area (Å²) < 4.78 is 0. The molecule has 2 heterocycles. The van der Waals surface area contributed by atoms with Crippen LogP contribution in [0.4, 0.5) is 0 Å². The van der Waals surface area contributed by atoms with Crippen molar-refractivity contribution in [2.75, 3.05) is 0 Å². The highest BCUT2D eigenvalue weighted by Gasteiger charge is 2.20. The van der Waals surface area contributed by atoms with Crippen molar-refractivity contribution in [2.24, 2.45) is 0 Å². The van der Waals surface area contributed by atoms with Crippen LogP contribution in [-0.2, 0) is 13.0 Å². The van der Waals surface area contributed by atoms with Crippen LogP contribution in [0.25, 0.3) is 10.7 Å². The van der Waals surface area contributed by atoms with Crippen LogP contribution in [0.2, 0.25) is 0 Å². The second-order valence-corrected chi connectivity index (χ2v) is 5.77. The summed E-state index contributed by atoms with van der Waals surface area (Å²) in [7, 11) is 0. The van der Waals surface area contributed by atoms with Crippen LogP contribution in [0.1, 0.15) is 30.2 Å². The first-order valence-electron chi connectivity index (χ1n) is 6.49. The third-order valence-corrected chi connectivity index (χ3v) is 4.17. The van der Waals surface area contributed by atoms with Gasteiger partial charge in [-0.15, -0.1) is 11.3 Å². The van der Waals surface area contributed by atoms with Gasteiger partial charge in [0.25, 0.3) is 0 Å². The monoisotopic (exact) mass is 259 g/mol. The molecule has 0 amide bonds. The zero-order valence-corrected chi connectivity index (χ0v) is 11.3. The number of aromatic nitrogens is 2. The molecule has 1 aliphatic rings. The summed E-state index contributed by atoms with van der Waals surface area (Å²) in [6.07, 6.45) is 7.47. The Balaban J connectivity index is 1.78. The highest BCUT2D eigenvalue weighted by atomic mass is 32.1. The molecule has 0 atom stereocenters. The van der Waals surface area contributed by atoms with Crippen molar-refractivity contribution in [2.45, 2.75) is 38.8 Å². The highest BCUT2D eigenvalue weighted by Crippen LogP contribution is 2.27. The smallest absolute Gasteiger partial charge is 0.142 e. The summed E-state index contributed by atoms with van der Waals surface area (Å²) in [6.45, 7) is 3.10. The van der Waals surface area contributed by atoms with Crippen LogP contribution >= 0.6 is 11.3 Å². The lowest BCUT2D eigenvalue weighted by Gasteiger charge is -2.02. The fraction of sp³-hybridized carbons (Fsp3) is 0.429. The zero-order chi connectivity index (χ0) is 12.4. The fourth-order valence-corrected chi connectivity index (χ4v) is 2.84. The molecule has 0 bridgehead atoms. The summed E-state index contributed by atoms with van der Waals surface area (Å²) in [4.78, 5) is 10.3. The van der Waals surface area contributed by atoms with Crippen molar-refractivity contribution in [3.63, 3.8) is 0 Å². The first-order valence-corrected chi connectivity index (χ1v) is 7.31. The standard InChI is InChI=1S/C14H17N3S/c1-2-10-4-3-7-15-13(10)14-17-9-12(18-14)8-16-11-5-6-11/h3-4,7,9,11,16H,2,5-6,8H2,1H3. The van der Waals surface area contributed by atoms with E-state index < -0.39 is 0 Å². The van der Waals surface area contributed by atoms with Gasteiger partial charge in [-0.1, -0.05) is 13.0 Å². The number of hydrogen-bond donors (Lipinski definition) is 1. The van der Waals surface area contributed by atoms with E-state index in [1.165, 1.54) is 23.3 Å². The maximum absolute atomic E-state index is 4.51. The maximum atomic E-state index is 4.51. The second kappa shape index (κ2) is 5.16. The van der Waals surface area contributed by atoms with E-state index in [-0.39, 0.29) is 0 Å². The first kappa shape index (κ1) is 11.8. The van der Waals surface area contributed by atoms with Gasteiger partial charge in [0.2, 0.25) is 0 Å². The van der Waals surface area contributed by atoms with Gasteiger partial charge in [0.15, 0.2) is 0 Å². The predicted octanol–water partition coefficient (Wildman–Crippen LogP) is 3.02. The quantitative estimate of drug-likeness (QED) is 0.897. The van der Waals surface area contributed by atoms with Crippen molar-refractivity contribution in [1.82, 2.24) is 15.3 Å². The molecule has 1 N–H and O–H groups in total.